The van der Waals surface area contributed by atoms with Crippen LogP contribution in [0, 0.1) is 5.82 Å². The van der Waals surface area contributed by atoms with Gasteiger partial charge in [-0.05, 0) is 79.3 Å². The topological polar surface area (TPSA) is 61.8 Å². The fraction of sp³-hybridized carbons (Fsp3) is 0.500. The highest BCUT2D eigenvalue weighted by Crippen LogP contribution is 2.25. The number of ether oxygens (including phenoxy) is 3. The van der Waals surface area contributed by atoms with Gasteiger partial charge in [-0.25, -0.2) is 14.0 Å². The van der Waals surface area contributed by atoms with Crippen molar-refractivity contribution in [1.29, 1.82) is 0 Å². The zero-order valence-corrected chi connectivity index (χ0v) is 28.2. The van der Waals surface area contributed by atoms with Crippen LogP contribution in [0.15, 0.2) is 66.7 Å². The Morgan fingerprint density at radius 3 is 1.76 bits per heavy atom. The maximum Gasteiger partial charge on any atom is 0.343 e. The first-order valence-corrected chi connectivity index (χ1v) is 17.5. The molecular weight excluding hydrogens is 579 g/mol. The van der Waals surface area contributed by atoms with Gasteiger partial charge in [-0.1, -0.05) is 116 Å². The fourth-order valence-corrected chi connectivity index (χ4v) is 5.38. The number of hydrogen-bond donors (Lipinski definition) is 0. The van der Waals surface area contributed by atoms with Gasteiger partial charge in [0.1, 0.15) is 11.9 Å². The van der Waals surface area contributed by atoms with Crippen LogP contribution in [-0.4, -0.2) is 24.6 Å². The molecule has 3 aromatic rings. The van der Waals surface area contributed by atoms with E-state index in [0.717, 1.165) is 61.7 Å². The molecule has 0 aliphatic carbocycles. The Bertz CT molecular complexity index is 1300. The van der Waals surface area contributed by atoms with E-state index in [1.165, 1.54) is 69.9 Å². The lowest BCUT2D eigenvalue weighted by Crippen LogP contribution is -2.18. The minimum Gasteiger partial charge on any atom is -0.494 e. The summed E-state index contributed by atoms with van der Waals surface area (Å²) in [6, 6.07) is 18.6. The van der Waals surface area contributed by atoms with E-state index in [2.05, 4.69) is 13.8 Å². The van der Waals surface area contributed by atoms with Gasteiger partial charge in [0.15, 0.2) is 11.6 Å². The Morgan fingerprint density at radius 1 is 0.630 bits per heavy atom. The van der Waals surface area contributed by atoms with Gasteiger partial charge in [0.2, 0.25) is 0 Å². The molecule has 6 heteroatoms. The van der Waals surface area contributed by atoms with Crippen LogP contribution in [0.3, 0.4) is 0 Å². The van der Waals surface area contributed by atoms with Gasteiger partial charge in [0.25, 0.3) is 0 Å². The van der Waals surface area contributed by atoms with Crippen LogP contribution in [0.4, 0.5) is 4.39 Å². The molecule has 0 bridgehead atoms. The number of hydrogen-bond acceptors (Lipinski definition) is 5. The molecule has 0 saturated carbocycles. The molecular formula is C40H53FO5. The number of halogens is 1. The molecule has 0 unspecified atom stereocenters. The molecule has 0 aromatic heterocycles. The zero-order valence-electron chi connectivity index (χ0n) is 28.2. The van der Waals surface area contributed by atoms with E-state index < -0.39 is 17.8 Å². The minimum atomic E-state index is -0.797. The molecule has 0 fully saturated rings. The molecule has 0 aliphatic rings. The molecule has 0 N–H and O–H groups in total. The van der Waals surface area contributed by atoms with E-state index in [-0.39, 0.29) is 17.4 Å². The van der Waals surface area contributed by atoms with Gasteiger partial charge in [-0.3, -0.25) is 0 Å². The normalized spacial score (nSPS) is 11.7. The summed E-state index contributed by atoms with van der Waals surface area (Å²) >= 11 is 0. The summed E-state index contributed by atoms with van der Waals surface area (Å²) in [4.78, 5) is 25.3. The Kier molecular flexibility index (Phi) is 16.9. The maximum atomic E-state index is 14.8. The predicted octanol–water partition coefficient (Wildman–Crippen LogP) is 11.5. The van der Waals surface area contributed by atoms with E-state index in [1.807, 2.05) is 43.3 Å². The van der Waals surface area contributed by atoms with Crippen LogP contribution >= 0.6 is 0 Å². The summed E-state index contributed by atoms with van der Waals surface area (Å²) in [6.45, 7) is 7.06. The molecule has 0 spiro atoms. The number of benzene rings is 3. The van der Waals surface area contributed by atoms with Crippen molar-refractivity contribution >= 4 is 11.9 Å². The molecule has 0 amide bonds. The van der Waals surface area contributed by atoms with Gasteiger partial charge in [-0.2, -0.15) is 0 Å². The van der Waals surface area contributed by atoms with Crippen molar-refractivity contribution in [1.82, 2.24) is 0 Å². The first kappa shape index (κ1) is 36.8. The van der Waals surface area contributed by atoms with Crippen molar-refractivity contribution in [3.05, 3.63) is 83.7 Å². The number of carbonyl (C=O) groups is 2. The highest BCUT2D eigenvalue weighted by atomic mass is 19.1. The van der Waals surface area contributed by atoms with Crippen LogP contribution in [0.5, 0.6) is 11.5 Å². The lowest BCUT2D eigenvalue weighted by Gasteiger charge is -2.16. The number of esters is 2. The van der Waals surface area contributed by atoms with Crippen molar-refractivity contribution in [3.63, 3.8) is 0 Å². The van der Waals surface area contributed by atoms with Crippen LogP contribution in [-0.2, 0) is 4.74 Å². The monoisotopic (exact) mass is 632 g/mol. The van der Waals surface area contributed by atoms with E-state index in [9.17, 15) is 14.0 Å². The third-order valence-corrected chi connectivity index (χ3v) is 8.30. The van der Waals surface area contributed by atoms with Crippen molar-refractivity contribution in [2.24, 2.45) is 0 Å². The first-order chi connectivity index (χ1) is 22.4. The quantitative estimate of drug-likeness (QED) is 0.0626. The Labute approximate surface area is 275 Å². The van der Waals surface area contributed by atoms with E-state index in [0.29, 0.717) is 12.0 Å². The first-order valence-electron chi connectivity index (χ1n) is 17.5. The third kappa shape index (κ3) is 13.0. The Hall–Kier alpha value is -3.67. The van der Waals surface area contributed by atoms with Gasteiger partial charge in [0, 0.05) is 0 Å². The average molecular weight is 633 g/mol. The van der Waals surface area contributed by atoms with Gasteiger partial charge in [-0.15, -0.1) is 0 Å². The van der Waals surface area contributed by atoms with Crippen LogP contribution in [0.25, 0.3) is 11.1 Å². The molecule has 0 saturated heterocycles. The highest BCUT2D eigenvalue weighted by molar-refractivity contribution is 5.92. The molecule has 3 aromatic carbocycles. The second kappa shape index (κ2) is 21.2. The minimum absolute atomic E-state index is 0.0887. The second-order valence-corrected chi connectivity index (χ2v) is 12.1. The van der Waals surface area contributed by atoms with Crippen LogP contribution in [0.2, 0.25) is 0 Å². The predicted molar refractivity (Wildman–Crippen MR) is 184 cm³/mol. The summed E-state index contributed by atoms with van der Waals surface area (Å²) in [5.41, 5.74) is 2.31. The van der Waals surface area contributed by atoms with Crippen LogP contribution < -0.4 is 9.47 Å². The molecule has 250 valence electrons. The summed E-state index contributed by atoms with van der Waals surface area (Å²) < 4.78 is 31.6. The number of carbonyl (C=O) groups excluding carboxylic acids is 2. The number of unbranched alkanes of at least 4 members (excludes halogenated alkanes) is 11. The summed E-state index contributed by atoms with van der Waals surface area (Å²) in [5, 5.41) is 0. The van der Waals surface area contributed by atoms with Gasteiger partial charge in [0.05, 0.1) is 17.7 Å². The number of rotatable bonds is 22. The molecule has 0 aliphatic heterocycles. The molecule has 0 radical (unpaired) electrons. The zero-order chi connectivity index (χ0) is 33.0. The Balaban J connectivity index is 1.42. The lowest BCUT2D eigenvalue weighted by atomic mass is 10.0. The van der Waals surface area contributed by atoms with E-state index >= 15 is 0 Å². The standard InChI is InChI=1S/C40H53FO5/c1-4-7-9-10-11-12-13-14-15-17-29-44-36-26-23-32(24-27-36)31-19-21-33(22-20-31)39(42)46-38-28-25-34(30-37(38)41)40(43)45-35(6-3)18-16-8-5-2/h19-28,30,35H,4-18,29H2,1-3H3/t35-/m1/s1. The fourth-order valence-electron chi connectivity index (χ4n) is 5.38. The van der Waals surface area contributed by atoms with E-state index in [1.54, 1.807) is 12.1 Å². The Morgan fingerprint density at radius 2 is 1.17 bits per heavy atom. The van der Waals surface area contributed by atoms with Gasteiger partial charge < -0.3 is 14.2 Å². The summed E-state index contributed by atoms with van der Waals surface area (Å²) in [5.74, 6) is -1.45. The molecule has 1 atom stereocenters. The molecule has 0 heterocycles. The average Bonchev–Trinajstić information content (AvgIpc) is 3.08. The third-order valence-electron chi connectivity index (χ3n) is 8.30. The maximum absolute atomic E-state index is 14.8. The highest BCUT2D eigenvalue weighted by Gasteiger charge is 2.18. The summed E-state index contributed by atoms with van der Waals surface area (Å²) in [6.07, 6.45) is 17.4. The van der Waals surface area contributed by atoms with Crippen molar-refractivity contribution in [2.75, 3.05) is 6.61 Å². The molecule has 3 rings (SSSR count). The van der Waals surface area contributed by atoms with Gasteiger partial charge >= 0.3 is 11.9 Å². The lowest BCUT2D eigenvalue weighted by molar-refractivity contribution is 0.0266. The summed E-state index contributed by atoms with van der Waals surface area (Å²) in [7, 11) is 0. The molecule has 5 nitrogen and oxygen atoms in total. The smallest absolute Gasteiger partial charge is 0.343 e. The SMILES string of the molecule is CCCCCCCCCCCCOc1ccc(-c2ccc(C(=O)Oc3ccc(C(=O)O[C@H](CC)CCCCC)cc3F)cc2)cc1. The van der Waals surface area contributed by atoms with Crippen molar-refractivity contribution < 1.29 is 28.2 Å². The van der Waals surface area contributed by atoms with Crippen LogP contribution in [0.1, 0.15) is 138 Å². The second-order valence-electron chi connectivity index (χ2n) is 12.1. The largest absolute Gasteiger partial charge is 0.494 e. The van der Waals surface area contributed by atoms with Crippen molar-refractivity contribution in [3.8, 4) is 22.6 Å². The van der Waals surface area contributed by atoms with E-state index in [4.69, 9.17) is 14.2 Å². The van der Waals surface area contributed by atoms with Crippen molar-refractivity contribution in [2.45, 2.75) is 123 Å². The molecule has 46 heavy (non-hydrogen) atoms.